The van der Waals surface area contributed by atoms with E-state index in [2.05, 4.69) is 0 Å². The smallest absolute Gasteiger partial charge is 0.0739 e. The van der Waals surface area contributed by atoms with Crippen LogP contribution in [0.3, 0.4) is 0 Å². The molecule has 0 aliphatic carbocycles. The van der Waals surface area contributed by atoms with E-state index in [0.717, 1.165) is 0 Å². The van der Waals surface area contributed by atoms with Gasteiger partial charge in [-0.1, -0.05) is 0 Å². The minimum atomic E-state index is 0.111. The van der Waals surface area contributed by atoms with Gasteiger partial charge < -0.3 is 5.21 Å². The minimum absolute atomic E-state index is 0.111. The summed E-state index contributed by atoms with van der Waals surface area (Å²) in [5, 5.41) is 11.5. The lowest BCUT2D eigenvalue weighted by atomic mass is 10.6. The molecule has 0 saturated carbocycles. The van der Waals surface area contributed by atoms with E-state index in [9.17, 15) is 5.21 Å². The fraction of sp³-hybridized carbons (Fsp3) is 1.00. The molecule has 0 aromatic rings. The number of rotatable bonds is 3. The summed E-state index contributed by atoms with van der Waals surface area (Å²) in [5.74, 6) is 0. The van der Waals surface area contributed by atoms with E-state index < -0.39 is 0 Å². The van der Waals surface area contributed by atoms with Crippen molar-refractivity contribution in [3.05, 3.63) is 5.21 Å². The zero-order valence-electron chi connectivity index (χ0n) is 5.22. The summed E-state index contributed by atoms with van der Waals surface area (Å²) in [6.45, 7) is 4.87. The van der Waals surface area contributed by atoms with Crippen LogP contribution in [0.2, 0.25) is 0 Å². The van der Waals surface area contributed by atoms with Gasteiger partial charge in [-0.15, -0.1) is 0 Å². The summed E-state index contributed by atoms with van der Waals surface area (Å²) in [5.41, 5.74) is 6.54. The predicted molar refractivity (Wildman–Crippen MR) is 29.3 cm³/mol. The molecule has 1 N–H and O–H groups in total. The molecule has 8 heavy (non-hydrogen) atoms. The first-order chi connectivity index (χ1) is 3.72. The molecule has 0 amide bonds. The summed E-state index contributed by atoms with van der Waals surface area (Å²) in [6, 6.07) is 0. The first-order valence-electron chi connectivity index (χ1n) is 2.65. The Hall–Kier alpha value is -0.800. The van der Waals surface area contributed by atoms with Crippen LogP contribution < -0.4 is 0 Å². The van der Waals surface area contributed by atoms with Crippen LogP contribution in [0.15, 0.2) is 0 Å². The Kier molecular flexibility index (Phi) is 2.91. The van der Waals surface area contributed by atoms with E-state index in [1.165, 1.54) is 5.01 Å². The zero-order chi connectivity index (χ0) is 6.57. The van der Waals surface area contributed by atoms with Gasteiger partial charge in [0.2, 0.25) is 0 Å². The molecule has 48 valence electrons. The Morgan fingerprint density at radius 2 is 1.88 bits per heavy atom. The largest absolute Gasteiger partial charge is 0.572 e. The van der Waals surface area contributed by atoms with E-state index in [0.29, 0.717) is 13.1 Å². The summed E-state index contributed by atoms with van der Waals surface area (Å²) in [4.78, 5) is 0.111. The first-order valence-corrected chi connectivity index (χ1v) is 2.65. The van der Waals surface area contributed by atoms with Gasteiger partial charge in [-0.25, -0.2) is 0 Å². The highest BCUT2D eigenvalue weighted by Crippen LogP contribution is 1.83. The molecule has 0 heterocycles. The predicted octanol–water partition coefficient (Wildman–Crippen LogP) is 0.784. The maximum atomic E-state index is 10.1. The van der Waals surface area contributed by atoms with Gasteiger partial charge in [-0.2, -0.15) is 5.01 Å². The van der Waals surface area contributed by atoms with Gasteiger partial charge in [0.05, 0.1) is 13.1 Å². The molecule has 0 radical (unpaired) electrons. The van der Waals surface area contributed by atoms with Crippen molar-refractivity contribution >= 4 is 0 Å². The average Bonchev–Trinajstić information content (AvgIpc) is 1.69. The van der Waals surface area contributed by atoms with Crippen LogP contribution >= 0.6 is 0 Å². The number of nitrogens with zero attached hydrogens (tertiary/aromatic N) is 2. The third-order valence-corrected chi connectivity index (χ3v) is 0.987. The molecule has 0 unspecified atom stereocenters. The van der Waals surface area contributed by atoms with Crippen molar-refractivity contribution in [3.8, 4) is 0 Å². The van der Waals surface area contributed by atoms with Crippen LogP contribution in [0.5, 0.6) is 0 Å². The minimum Gasteiger partial charge on any atom is -0.572 e. The Bertz CT molecular complexity index is 79.4. The fourth-order valence-corrected chi connectivity index (χ4v) is 0.480. The van der Waals surface area contributed by atoms with Gasteiger partial charge in [0.1, 0.15) is 0 Å². The molecule has 4 nitrogen and oxygen atoms in total. The second kappa shape index (κ2) is 3.23. The molecule has 0 aliphatic rings. The highest BCUT2D eigenvalue weighted by molar-refractivity contribution is 4.28. The summed E-state index contributed by atoms with van der Waals surface area (Å²) in [7, 11) is 0. The van der Waals surface area contributed by atoms with Crippen molar-refractivity contribution in [1.29, 1.82) is 5.53 Å². The molecular formula is C4H11N3O. The maximum absolute atomic E-state index is 10.1. The van der Waals surface area contributed by atoms with Crippen LogP contribution in [-0.4, -0.2) is 23.1 Å². The fourth-order valence-electron chi connectivity index (χ4n) is 0.480. The quantitative estimate of drug-likeness (QED) is 0.337. The van der Waals surface area contributed by atoms with Crippen molar-refractivity contribution in [1.82, 2.24) is 5.01 Å². The van der Waals surface area contributed by atoms with Crippen molar-refractivity contribution in [3.63, 3.8) is 0 Å². The Morgan fingerprint density at radius 1 is 1.50 bits per heavy atom. The second-order valence-corrected chi connectivity index (χ2v) is 1.41. The number of hydrogen-bond donors (Lipinski definition) is 1. The van der Waals surface area contributed by atoms with Crippen LogP contribution in [0.4, 0.5) is 0 Å². The van der Waals surface area contributed by atoms with Crippen molar-refractivity contribution in [2.24, 2.45) is 0 Å². The van der Waals surface area contributed by atoms with Gasteiger partial charge in [-0.05, 0) is 19.4 Å². The molecule has 0 aromatic carbocycles. The second-order valence-electron chi connectivity index (χ2n) is 1.41. The maximum Gasteiger partial charge on any atom is 0.0739 e. The van der Waals surface area contributed by atoms with E-state index >= 15 is 0 Å². The molecule has 4 heteroatoms. The SMILES string of the molecule is CCN(CC)[N+](=N)[O-]. The number of hydrogen-bond acceptors (Lipinski definition) is 2. The standard InChI is InChI=1S/C4H11N3O/c1-3-6(4-2)7(5)8/h5H,3-4H2,1-2H3. The van der Waals surface area contributed by atoms with Crippen molar-refractivity contribution in [2.75, 3.05) is 13.1 Å². The molecule has 0 fully saturated rings. The highest BCUT2D eigenvalue weighted by Gasteiger charge is 2.00. The molecular weight excluding hydrogens is 106 g/mol. The normalized spacial score (nSPS) is 8.75. The Balaban J connectivity index is 3.52. The first kappa shape index (κ1) is 7.20. The van der Waals surface area contributed by atoms with Crippen molar-refractivity contribution < 1.29 is 4.97 Å². The topological polar surface area (TPSA) is 53.2 Å². The molecule has 0 atom stereocenters. The molecule has 0 rings (SSSR count). The third-order valence-electron chi connectivity index (χ3n) is 0.987. The van der Waals surface area contributed by atoms with Crippen LogP contribution in [0, 0.1) is 10.7 Å². The van der Waals surface area contributed by atoms with Gasteiger partial charge >= 0.3 is 0 Å². The number of hydrazine groups is 1. The summed E-state index contributed by atoms with van der Waals surface area (Å²) in [6.07, 6.45) is 0. The van der Waals surface area contributed by atoms with Crippen LogP contribution in [0.25, 0.3) is 0 Å². The van der Waals surface area contributed by atoms with E-state index in [-0.39, 0.29) is 4.97 Å². The van der Waals surface area contributed by atoms with Crippen LogP contribution in [0.1, 0.15) is 13.8 Å². The molecule has 0 aliphatic heterocycles. The number of nitrogens with one attached hydrogen (secondary N) is 1. The van der Waals surface area contributed by atoms with E-state index in [1.54, 1.807) is 0 Å². The lowest BCUT2D eigenvalue weighted by molar-refractivity contribution is -0.709. The Labute approximate surface area is 48.8 Å². The Morgan fingerprint density at radius 3 is 1.88 bits per heavy atom. The molecule has 0 spiro atoms. The zero-order valence-corrected chi connectivity index (χ0v) is 5.22. The summed E-state index contributed by atoms with van der Waals surface area (Å²) >= 11 is 0. The summed E-state index contributed by atoms with van der Waals surface area (Å²) < 4.78 is 0. The molecule has 0 bridgehead atoms. The van der Waals surface area contributed by atoms with E-state index in [1.807, 2.05) is 13.8 Å². The monoisotopic (exact) mass is 117 g/mol. The van der Waals surface area contributed by atoms with E-state index in [4.69, 9.17) is 5.53 Å². The lowest BCUT2D eigenvalue weighted by Crippen LogP contribution is -2.28. The third kappa shape index (κ3) is 1.77. The van der Waals surface area contributed by atoms with Gasteiger partial charge in [0.25, 0.3) is 0 Å². The van der Waals surface area contributed by atoms with Crippen molar-refractivity contribution in [2.45, 2.75) is 13.8 Å². The van der Waals surface area contributed by atoms with Crippen LogP contribution in [-0.2, 0) is 0 Å². The molecule has 0 aromatic heterocycles. The van der Waals surface area contributed by atoms with Gasteiger partial charge in [0, 0.05) is 4.97 Å². The van der Waals surface area contributed by atoms with Gasteiger partial charge in [0.15, 0.2) is 0 Å². The van der Waals surface area contributed by atoms with Gasteiger partial charge in [-0.3, -0.25) is 0 Å². The molecule has 0 saturated heterocycles. The lowest BCUT2D eigenvalue weighted by Gasteiger charge is -2.11. The highest BCUT2D eigenvalue weighted by atomic mass is 16.5. The average molecular weight is 117 g/mol.